The Morgan fingerprint density at radius 2 is 2.08 bits per heavy atom. The maximum Gasteiger partial charge on any atom is 0.326 e. The Hall–Kier alpha value is -2.06. The first-order valence-corrected chi connectivity index (χ1v) is 8.66. The number of hydrogen-bond donors (Lipinski definition) is 2. The van der Waals surface area contributed by atoms with Crippen LogP contribution in [-0.2, 0) is 14.3 Å². The van der Waals surface area contributed by atoms with Gasteiger partial charge >= 0.3 is 5.97 Å². The van der Waals surface area contributed by atoms with E-state index in [4.69, 9.17) is 4.74 Å². The van der Waals surface area contributed by atoms with Crippen LogP contribution in [0.1, 0.15) is 16.8 Å². The fourth-order valence-electron chi connectivity index (χ4n) is 2.37. The van der Waals surface area contributed by atoms with E-state index in [0.29, 0.717) is 17.2 Å². The molecule has 8 heteroatoms. The minimum atomic E-state index is -1.12. The Morgan fingerprint density at radius 1 is 1.38 bits per heavy atom. The number of nitrogens with one attached hydrogen (secondary N) is 1. The zero-order valence-electron chi connectivity index (χ0n) is 13.3. The molecule has 2 atom stereocenters. The number of amides is 2. The van der Waals surface area contributed by atoms with Crippen LogP contribution in [0.4, 0.5) is 0 Å². The first-order valence-electron chi connectivity index (χ1n) is 7.50. The van der Waals surface area contributed by atoms with E-state index in [1.807, 2.05) is 6.07 Å². The number of ether oxygens (including phenoxy) is 1. The zero-order valence-corrected chi connectivity index (χ0v) is 14.1. The van der Waals surface area contributed by atoms with Crippen molar-refractivity contribution < 1.29 is 24.2 Å². The van der Waals surface area contributed by atoms with Crippen molar-refractivity contribution >= 4 is 29.5 Å². The predicted octanol–water partition coefficient (Wildman–Crippen LogP) is 0.808. The van der Waals surface area contributed by atoms with Gasteiger partial charge in [-0.3, -0.25) is 9.59 Å². The van der Waals surface area contributed by atoms with Crippen molar-refractivity contribution in [3.8, 4) is 0 Å². The van der Waals surface area contributed by atoms with Gasteiger partial charge in [-0.15, -0.1) is 11.8 Å². The van der Waals surface area contributed by atoms with Crippen molar-refractivity contribution in [2.24, 2.45) is 0 Å². The number of hydrogen-bond acceptors (Lipinski definition) is 5. The molecule has 1 fully saturated rings. The van der Waals surface area contributed by atoms with Crippen LogP contribution in [0.15, 0.2) is 30.3 Å². The fourth-order valence-corrected chi connectivity index (χ4v) is 3.52. The second kappa shape index (κ2) is 8.70. The fraction of sp³-hybridized carbons (Fsp3) is 0.438. The molecule has 0 spiro atoms. The SMILES string of the molecule is COCCC(NC(=O)C1CSCN1C(=O)c1ccccc1)C(=O)O. The third kappa shape index (κ3) is 4.48. The van der Waals surface area contributed by atoms with E-state index < -0.39 is 24.0 Å². The van der Waals surface area contributed by atoms with E-state index in [1.165, 1.54) is 23.8 Å². The van der Waals surface area contributed by atoms with Crippen LogP contribution in [0.5, 0.6) is 0 Å². The standard InChI is InChI=1S/C16H20N2O5S/c1-23-8-7-12(16(21)22)17-14(19)13-9-24-10-18(13)15(20)11-5-3-2-4-6-11/h2-6,12-13H,7-10H2,1H3,(H,17,19)(H,21,22). The summed E-state index contributed by atoms with van der Waals surface area (Å²) in [6.45, 7) is 0.226. The van der Waals surface area contributed by atoms with Crippen molar-refractivity contribution in [3.63, 3.8) is 0 Å². The number of aliphatic carboxylic acids is 1. The second-order valence-corrected chi connectivity index (χ2v) is 6.34. The van der Waals surface area contributed by atoms with Gasteiger partial charge in [0.15, 0.2) is 0 Å². The molecular formula is C16H20N2O5S. The normalized spacial score (nSPS) is 18.2. The number of nitrogens with zero attached hydrogens (tertiary/aromatic N) is 1. The molecule has 0 aromatic heterocycles. The number of carboxylic acid groups (broad SMARTS) is 1. The first kappa shape index (κ1) is 18.3. The monoisotopic (exact) mass is 352 g/mol. The van der Waals surface area contributed by atoms with Gasteiger partial charge in [0, 0.05) is 31.5 Å². The van der Waals surface area contributed by atoms with Gasteiger partial charge in [0.25, 0.3) is 5.91 Å². The average Bonchev–Trinajstić information content (AvgIpc) is 3.08. The molecule has 2 N–H and O–H groups in total. The molecule has 1 saturated heterocycles. The highest BCUT2D eigenvalue weighted by Gasteiger charge is 2.36. The predicted molar refractivity (Wildman–Crippen MR) is 89.8 cm³/mol. The van der Waals surface area contributed by atoms with Crippen molar-refractivity contribution in [3.05, 3.63) is 35.9 Å². The van der Waals surface area contributed by atoms with Crippen molar-refractivity contribution in [2.75, 3.05) is 25.3 Å². The Kier molecular flexibility index (Phi) is 6.62. The Labute approximate surface area is 144 Å². The molecule has 1 aromatic rings. The van der Waals surface area contributed by atoms with Gasteiger partial charge in [-0.05, 0) is 12.1 Å². The van der Waals surface area contributed by atoms with E-state index in [-0.39, 0.29) is 18.9 Å². The summed E-state index contributed by atoms with van der Waals surface area (Å²) in [7, 11) is 1.47. The number of thioether (sulfide) groups is 1. The Bertz CT molecular complexity index is 595. The lowest BCUT2D eigenvalue weighted by atomic mass is 10.1. The van der Waals surface area contributed by atoms with Crippen molar-refractivity contribution in [1.29, 1.82) is 0 Å². The summed E-state index contributed by atoms with van der Waals surface area (Å²) in [5.41, 5.74) is 0.506. The highest BCUT2D eigenvalue weighted by atomic mass is 32.2. The second-order valence-electron chi connectivity index (χ2n) is 5.34. The summed E-state index contributed by atoms with van der Waals surface area (Å²) in [5.74, 6) is -0.952. The van der Waals surface area contributed by atoms with E-state index >= 15 is 0 Å². The van der Waals surface area contributed by atoms with Crippen LogP contribution in [0, 0.1) is 0 Å². The molecule has 24 heavy (non-hydrogen) atoms. The molecule has 0 radical (unpaired) electrons. The number of carbonyl (C=O) groups is 3. The molecule has 0 bridgehead atoms. The van der Waals surface area contributed by atoms with E-state index in [2.05, 4.69) is 5.32 Å². The van der Waals surface area contributed by atoms with E-state index in [1.54, 1.807) is 24.3 Å². The number of rotatable bonds is 7. The summed E-state index contributed by atoms with van der Waals surface area (Å²) < 4.78 is 4.86. The number of carbonyl (C=O) groups excluding carboxylic acids is 2. The molecule has 2 unspecified atom stereocenters. The average molecular weight is 352 g/mol. The maximum atomic E-state index is 12.5. The summed E-state index contributed by atoms with van der Waals surface area (Å²) in [6.07, 6.45) is 0.171. The lowest BCUT2D eigenvalue weighted by Gasteiger charge is -2.24. The minimum absolute atomic E-state index is 0.171. The molecule has 2 rings (SSSR count). The molecule has 1 aromatic carbocycles. The molecule has 1 aliphatic heterocycles. The maximum absolute atomic E-state index is 12.5. The molecule has 130 valence electrons. The topological polar surface area (TPSA) is 95.9 Å². The lowest BCUT2D eigenvalue weighted by Crippen LogP contribution is -2.52. The number of carboxylic acids is 1. The number of benzene rings is 1. The third-order valence-corrected chi connectivity index (χ3v) is 4.70. The summed E-state index contributed by atoms with van der Waals surface area (Å²) >= 11 is 1.47. The molecule has 1 heterocycles. The van der Waals surface area contributed by atoms with Crippen LogP contribution >= 0.6 is 11.8 Å². The third-order valence-electron chi connectivity index (χ3n) is 3.69. The zero-order chi connectivity index (χ0) is 17.5. The molecule has 0 saturated carbocycles. The van der Waals surface area contributed by atoms with E-state index in [0.717, 1.165) is 0 Å². The lowest BCUT2D eigenvalue weighted by molar-refractivity contribution is -0.142. The van der Waals surface area contributed by atoms with Crippen molar-refractivity contribution in [2.45, 2.75) is 18.5 Å². The highest BCUT2D eigenvalue weighted by molar-refractivity contribution is 7.99. The first-order chi connectivity index (χ1) is 11.5. The van der Waals surface area contributed by atoms with Gasteiger partial charge in [-0.1, -0.05) is 18.2 Å². The van der Waals surface area contributed by atoms with Gasteiger partial charge in [0.2, 0.25) is 5.91 Å². The smallest absolute Gasteiger partial charge is 0.326 e. The highest BCUT2D eigenvalue weighted by Crippen LogP contribution is 2.23. The van der Waals surface area contributed by atoms with Gasteiger partial charge in [-0.25, -0.2) is 4.79 Å². The van der Waals surface area contributed by atoms with Gasteiger partial charge in [-0.2, -0.15) is 0 Å². The molecular weight excluding hydrogens is 332 g/mol. The van der Waals surface area contributed by atoms with Crippen LogP contribution in [-0.4, -0.2) is 65.2 Å². The van der Waals surface area contributed by atoms with Gasteiger partial charge in [0.05, 0.1) is 5.88 Å². The Balaban J connectivity index is 2.04. The molecule has 0 aliphatic carbocycles. The van der Waals surface area contributed by atoms with Crippen molar-refractivity contribution in [1.82, 2.24) is 10.2 Å². The van der Waals surface area contributed by atoms with E-state index in [9.17, 15) is 19.5 Å². The quantitative estimate of drug-likeness (QED) is 0.754. The number of methoxy groups -OCH3 is 1. The van der Waals surface area contributed by atoms with Crippen LogP contribution < -0.4 is 5.32 Å². The van der Waals surface area contributed by atoms with Gasteiger partial charge in [0.1, 0.15) is 12.1 Å². The van der Waals surface area contributed by atoms with Crippen LogP contribution in [0.25, 0.3) is 0 Å². The molecule has 2 amide bonds. The van der Waals surface area contributed by atoms with Gasteiger partial charge < -0.3 is 20.1 Å². The summed E-state index contributed by atoms with van der Waals surface area (Å²) in [5, 5.41) is 11.7. The largest absolute Gasteiger partial charge is 0.480 e. The molecule has 7 nitrogen and oxygen atoms in total. The Morgan fingerprint density at radius 3 is 2.71 bits per heavy atom. The minimum Gasteiger partial charge on any atom is -0.480 e. The van der Waals surface area contributed by atoms with Crippen LogP contribution in [0.3, 0.4) is 0 Å². The molecule has 1 aliphatic rings. The summed E-state index contributed by atoms with van der Waals surface area (Å²) in [6, 6.07) is 7.02. The van der Waals surface area contributed by atoms with Crippen LogP contribution in [0.2, 0.25) is 0 Å². The summed E-state index contributed by atoms with van der Waals surface area (Å²) in [4.78, 5) is 37.7.